The number of aryl methyl sites for hydroxylation is 3. The van der Waals surface area contributed by atoms with Gasteiger partial charge in [-0.15, -0.1) is 0 Å². The molecule has 1 amide bonds. The zero-order valence-electron chi connectivity index (χ0n) is 18.4. The molecular formula is C23H32N2O4S. The molecule has 164 valence electrons. The Bertz CT molecular complexity index is 973. The van der Waals surface area contributed by atoms with Gasteiger partial charge >= 0.3 is 0 Å². The van der Waals surface area contributed by atoms with Crippen molar-refractivity contribution in [2.75, 3.05) is 23.7 Å². The SMILES string of the molecule is Cc1ccc(N(CCCC(=O)N[C@H](C)COc2ccccc2C)S(C)(=O)=O)cc1C. The van der Waals surface area contributed by atoms with Crippen molar-refractivity contribution in [2.24, 2.45) is 0 Å². The number of amides is 1. The minimum absolute atomic E-state index is 0.121. The number of rotatable bonds is 10. The van der Waals surface area contributed by atoms with Gasteiger partial charge in [0, 0.05) is 13.0 Å². The predicted octanol–water partition coefficient (Wildman–Crippen LogP) is 3.74. The lowest BCUT2D eigenvalue weighted by molar-refractivity contribution is -0.121. The van der Waals surface area contributed by atoms with Crippen molar-refractivity contribution in [2.45, 2.75) is 46.6 Å². The number of carbonyl (C=O) groups excluding carboxylic acids is 1. The van der Waals surface area contributed by atoms with Crippen molar-refractivity contribution < 1.29 is 17.9 Å². The molecular weight excluding hydrogens is 400 g/mol. The maximum atomic E-state index is 12.3. The topological polar surface area (TPSA) is 75.7 Å². The Hall–Kier alpha value is -2.54. The van der Waals surface area contributed by atoms with Crippen LogP contribution in [0.3, 0.4) is 0 Å². The maximum Gasteiger partial charge on any atom is 0.232 e. The third-order valence-electron chi connectivity index (χ3n) is 4.93. The molecule has 0 aromatic heterocycles. The van der Waals surface area contributed by atoms with E-state index in [1.165, 1.54) is 10.6 Å². The first kappa shape index (κ1) is 23.7. The molecule has 1 N–H and O–H groups in total. The van der Waals surface area contributed by atoms with Crippen LogP contribution in [0.4, 0.5) is 5.69 Å². The molecule has 0 fully saturated rings. The van der Waals surface area contributed by atoms with Crippen LogP contribution in [0.1, 0.15) is 36.5 Å². The molecule has 0 radical (unpaired) electrons. The van der Waals surface area contributed by atoms with Crippen LogP contribution in [-0.4, -0.2) is 39.8 Å². The largest absolute Gasteiger partial charge is 0.491 e. The molecule has 2 aromatic rings. The van der Waals surface area contributed by atoms with Gasteiger partial charge in [-0.1, -0.05) is 24.3 Å². The fraction of sp³-hybridized carbons (Fsp3) is 0.435. The normalized spacial score (nSPS) is 12.3. The highest BCUT2D eigenvalue weighted by Gasteiger charge is 2.18. The molecule has 0 saturated heterocycles. The van der Waals surface area contributed by atoms with E-state index < -0.39 is 10.0 Å². The Morgan fingerprint density at radius 1 is 1.07 bits per heavy atom. The molecule has 6 nitrogen and oxygen atoms in total. The summed E-state index contributed by atoms with van der Waals surface area (Å²) in [7, 11) is -3.43. The van der Waals surface area contributed by atoms with Gasteiger partial charge in [-0.2, -0.15) is 0 Å². The summed E-state index contributed by atoms with van der Waals surface area (Å²) in [5.74, 6) is 0.681. The van der Waals surface area contributed by atoms with Gasteiger partial charge in [0.15, 0.2) is 0 Å². The molecule has 2 aromatic carbocycles. The Balaban J connectivity index is 1.85. The number of nitrogens with zero attached hydrogens (tertiary/aromatic N) is 1. The van der Waals surface area contributed by atoms with E-state index in [1.54, 1.807) is 6.07 Å². The third kappa shape index (κ3) is 7.06. The van der Waals surface area contributed by atoms with E-state index in [2.05, 4.69) is 5.32 Å². The van der Waals surface area contributed by atoms with Crippen molar-refractivity contribution in [3.05, 3.63) is 59.2 Å². The van der Waals surface area contributed by atoms with E-state index in [0.29, 0.717) is 18.7 Å². The van der Waals surface area contributed by atoms with Gasteiger partial charge in [0.2, 0.25) is 15.9 Å². The highest BCUT2D eigenvalue weighted by Crippen LogP contribution is 2.22. The number of anilines is 1. The number of benzene rings is 2. The first-order chi connectivity index (χ1) is 14.1. The molecule has 0 aliphatic carbocycles. The van der Waals surface area contributed by atoms with Gasteiger partial charge in [-0.25, -0.2) is 8.42 Å². The second kappa shape index (κ2) is 10.5. The summed E-state index contributed by atoms with van der Waals surface area (Å²) >= 11 is 0. The smallest absolute Gasteiger partial charge is 0.232 e. The lowest BCUT2D eigenvalue weighted by atomic mass is 10.1. The quantitative estimate of drug-likeness (QED) is 0.621. The predicted molar refractivity (Wildman–Crippen MR) is 122 cm³/mol. The van der Waals surface area contributed by atoms with E-state index >= 15 is 0 Å². The van der Waals surface area contributed by atoms with Crippen LogP contribution in [0.5, 0.6) is 5.75 Å². The second-order valence-corrected chi connectivity index (χ2v) is 9.66. The van der Waals surface area contributed by atoms with Crippen molar-refractivity contribution in [1.82, 2.24) is 5.32 Å². The van der Waals surface area contributed by atoms with Crippen LogP contribution in [0.25, 0.3) is 0 Å². The number of hydrogen-bond donors (Lipinski definition) is 1. The Kier molecular flexibility index (Phi) is 8.29. The monoisotopic (exact) mass is 432 g/mol. The second-order valence-electron chi connectivity index (χ2n) is 7.75. The van der Waals surface area contributed by atoms with Gasteiger partial charge in [-0.05, 0) is 69.0 Å². The minimum atomic E-state index is -3.43. The lowest BCUT2D eigenvalue weighted by Gasteiger charge is -2.23. The molecule has 0 aliphatic heterocycles. The van der Waals surface area contributed by atoms with Crippen LogP contribution in [0.15, 0.2) is 42.5 Å². The lowest BCUT2D eigenvalue weighted by Crippen LogP contribution is -2.37. The van der Waals surface area contributed by atoms with Gasteiger partial charge in [0.25, 0.3) is 0 Å². The van der Waals surface area contributed by atoms with E-state index in [1.807, 2.05) is 64.1 Å². The first-order valence-corrected chi connectivity index (χ1v) is 12.0. The summed E-state index contributed by atoms with van der Waals surface area (Å²) < 4.78 is 31.6. The van der Waals surface area contributed by atoms with Gasteiger partial charge < -0.3 is 10.1 Å². The standard InChI is InChI=1S/C23H32N2O4S/c1-17-12-13-21(15-19(17)3)25(30(5,27)28)14-8-11-23(26)24-20(4)16-29-22-10-7-6-9-18(22)2/h6-7,9-10,12-13,15,20H,8,11,14,16H2,1-5H3,(H,24,26)/t20-/m1/s1. The van der Waals surface area contributed by atoms with Gasteiger partial charge in [-0.3, -0.25) is 9.10 Å². The molecule has 0 spiro atoms. The molecule has 0 aliphatic rings. The molecule has 0 bridgehead atoms. The first-order valence-electron chi connectivity index (χ1n) is 10.1. The highest BCUT2D eigenvalue weighted by atomic mass is 32.2. The van der Waals surface area contributed by atoms with E-state index in [4.69, 9.17) is 4.74 Å². The fourth-order valence-electron chi connectivity index (χ4n) is 3.07. The summed E-state index contributed by atoms with van der Waals surface area (Å²) in [4.78, 5) is 12.3. The Labute approximate surface area is 180 Å². The molecule has 7 heteroatoms. The third-order valence-corrected chi connectivity index (χ3v) is 6.13. The fourth-order valence-corrected chi connectivity index (χ4v) is 4.03. The minimum Gasteiger partial charge on any atom is -0.491 e. The Morgan fingerprint density at radius 3 is 2.40 bits per heavy atom. The van der Waals surface area contributed by atoms with Crippen molar-refractivity contribution in [3.63, 3.8) is 0 Å². The van der Waals surface area contributed by atoms with Crippen molar-refractivity contribution in [3.8, 4) is 5.75 Å². The number of nitrogens with one attached hydrogen (secondary N) is 1. The molecule has 0 saturated carbocycles. The summed E-state index contributed by atoms with van der Waals surface area (Å²) in [5.41, 5.74) is 3.80. The number of hydrogen-bond acceptors (Lipinski definition) is 4. The van der Waals surface area contributed by atoms with Crippen LogP contribution >= 0.6 is 0 Å². The number of ether oxygens (including phenoxy) is 1. The van der Waals surface area contributed by atoms with Crippen molar-refractivity contribution in [1.29, 1.82) is 0 Å². The summed E-state index contributed by atoms with van der Waals surface area (Å²) in [6, 6.07) is 13.2. The van der Waals surface area contributed by atoms with E-state index in [9.17, 15) is 13.2 Å². The van der Waals surface area contributed by atoms with Crippen LogP contribution in [0.2, 0.25) is 0 Å². The van der Waals surface area contributed by atoms with Crippen LogP contribution < -0.4 is 14.4 Å². The number of para-hydroxylation sites is 1. The zero-order valence-corrected chi connectivity index (χ0v) is 19.3. The summed E-state index contributed by atoms with van der Waals surface area (Å²) in [6.45, 7) is 8.42. The number of carbonyl (C=O) groups is 1. The zero-order chi connectivity index (χ0) is 22.3. The molecule has 2 rings (SSSR count). The van der Waals surface area contributed by atoms with Gasteiger partial charge in [0.1, 0.15) is 12.4 Å². The maximum absolute atomic E-state index is 12.3. The van der Waals surface area contributed by atoms with Gasteiger partial charge in [0.05, 0.1) is 18.0 Å². The average molecular weight is 433 g/mol. The number of sulfonamides is 1. The van der Waals surface area contributed by atoms with Crippen LogP contribution in [-0.2, 0) is 14.8 Å². The molecule has 0 unspecified atom stereocenters. The van der Waals surface area contributed by atoms with Crippen LogP contribution in [0, 0.1) is 20.8 Å². The van der Waals surface area contributed by atoms with Crippen molar-refractivity contribution >= 4 is 21.6 Å². The summed E-state index contributed by atoms with van der Waals surface area (Å²) in [5, 5.41) is 2.91. The molecule has 30 heavy (non-hydrogen) atoms. The molecule has 1 atom stereocenters. The Morgan fingerprint density at radius 2 is 1.77 bits per heavy atom. The molecule has 0 heterocycles. The van der Waals surface area contributed by atoms with E-state index in [0.717, 1.165) is 22.4 Å². The van der Waals surface area contributed by atoms with E-state index in [-0.39, 0.29) is 24.9 Å². The highest BCUT2D eigenvalue weighted by molar-refractivity contribution is 7.92. The summed E-state index contributed by atoms with van der Waals surface area (Å²) in [6.07, 6.45) is 1.86. The average Bonchev–Trinajstić information content (AvgIpc) is 2.66.